The van der Waals surface area contributed by atoms with Gasteiger partial charge in [0, 0.05) is 22.2 Å². The summed E-state index contributed by atoms with van der Waals surface area (Å²) in [5.74, 6) is -0.586. The number of carbonyl (C=O) groups excluding carboxylic acids is 1. The molecule has 26 heavy (non-hydrogen) atoms. The van der Waals surface area contributed by atoms with E-state index in [1.54, 1.807) is 23.6 Å². The van der Waals surface area contributed by atoms with E-state index in [1.165, 1.54) is 14.2 Å². The molecule has 0 unspecified atom stereocenters. The number of nitrogens with zero attached hydrogens (tertiary/aromatic N) is 3. The smallest absolute Gasteiger partial charge is 0.360 e. The molecule has 0 fully saturated rings. The maximum absolute atomic E-state index is 12.0. The van der Waals surface area contributed by atoms with Crippen molar-refractivity contribution in [1.29, 1.82) is 0 Å². The van der Waals surface area contributed by atoms with Gasteiger partial charge in [-0.15, -0.1) is 11.3 Å². The molecular weight excluding hydrogens is 354 g/mol. The number of oxime groups is 2. The zero-order valence-electron chi connectivity index (χ0n) is 15.4. The summed E-state index contributed by atoms with van der Waals surface area (Å²) in [6.45, 7) is 5.91. The van der Waals surface area contributed by atoms with Gasteiger partial charge in [0.05, 0.1) is 7.11 Å². The Bertz CT molecular complexity index is 843. The fourth-order valence-corrected chi connectivity index (χ4v) is 2.96. The maximum atomic E-state index is 12.0. The molecule has 8 heteroatoms. The fourth-order valence-electron chi connectivity index (χ4n) is 2.25. The molecule has 138 valence electrons. The summed E-state index contributed by atoms with van der Waals surface area (Å²) in [5, 5.41) is 8.74. The Morgan fingerprint density at radius 3 is 2.62 bits per heavy atom. The molecule has 0 aliphatic heterocycles. The van der Waals surface area contributed by atoms with Crippen LogP contribution in [0.1, 0.15) is 33.5 Å². The maximum Gasteiger partial charge on any atom is 0.360 e. The van der Waals surface area contributed by atoms with Gasteiger partial charge in [0.15, 0.2) is 5.71 Å². The summed E-state index contributed by atoms with van der Waals surface area (Å²) in [4.78, 5) is 27.7. The Labute approximate surface area is 156 Å². The number of carbonyl (C=O) groups is 1. The minimum atomic E-state index is -0.586. The summed E-state index contributed by atoms with van der Waals surface area (Å²) < 4.78 is 4.79. The molecule has 0 aliphatic rings. The number of hydrogen-bond acceptors (Lipinski definition) is 8. The van der Waals surface area contributed by atoms with E-state index in [-0.39, 0.29) is 12.3 Å². The number of ether oxygens (including phenoxy) is 1. The third-order valence-corrected chi connectivity index (χ3v) is 4.59. The van der Waals surface area contributed by atoms with Gasteiger partial charge in [-0.2, -0.15) is 0 Å². The van der Waals surface area contributed by atoms with Gasteiger partial charge in [-0.05, 0) is 26.3 Å². The lowest BCUT2D eigenvalue weighted by molar-refractivity contribution is -0.132. The number of aromatic nitrogens is 1. The summed E-state index contributed by atoms with van der Waals surface area (Å²) >= 11 is 1.55. The van der Waals surface area contributed by atoms with Crippen LogP contribution in [0, 0.1) is 13.8 Å². The van der Waals surface area contributed by atoms with Crippen LogP contribution in [0.5, 0.6) is 0 Å². The van der Waals surface area contributed by atoms with E-state index < -0.39 is 5.97 Å². The van der Waals surface area contributed by atoms with E-state index >= 15 is 0 Å². The number of esters is 1. The van der Waals surface area contributed by atoms with Crippen molar-refractivity contribution in [1.82, 2.24) is 4.98 Å². The second-order valence-corrected chi connectivity index (χ2v) is 6.68. The van der Waals surface area contributed by atoms with Crippen molar-refractivity contribution in [2.75, 3.05) is 14.2 Å². The molecule has 0 spiro atoms. The lowest BCUT2D eigenvalue weighted by Crippen LogP contribution is -2.20. The highest BCUT2D eigenvalue weighted by molar-refractivity contribution is 7.13. The van der Waals surface area contributed by atoms with Crippen LogP contribution in [0.4, 0.5) is 0 Å². The first kappa shape index (κ1) is 19.6. The highest BCUT2D eigenvalue weighted by Gasteiger charge is 2.20. The van der Waals surface area contributed by atoms with Gasteiger partial charge in [-0.3, -0.25) is 0 Å². The predicted molar refractivity (Wildman–Crippen MR) is 101 cm³/mol. The highest BCUT2D eigenvalue weighted by atomic mass is 32.1. The van der Waals surface area contributed by atoms with Gasteiger partial charge in [-0.25, -0.2) is 9.78 Å². The number of benzene rings is 1. The SMILES string of the molecule is CO/N=C(/C(=O)OC)c1cccc(C)c1CO/N=C(\C)c1ncc(C)s1. The molecule has 0 bridgehead atoms. The van der Waals surface area contributed by atoms with Crippen molar-refractivity contribution in [3.8, 4) is 0 Å². The van der Waals surface area contributed by atoms with Crippen molar-refractivity contribution >= 4 is 28.7 Å². The van der Waals surface area contributed by atoms with Gasteiger partial charge in [-0.1, -0.05) is 28.5 Å². The second kappa shape index (κ2) is 9.10. The topological polar surface area (TPSA) is 82.4 Å². The molecule has 7 nitrogen and oxygen atoms in total. The van der Waals surface area contributed by atoms with Crippen molar-refractivity contribution in [2.24, 2.45) is 10.3 Å². The predicted octanol–water partition coefficient (Wildman–Crippen LogP) is 3.22. The van der Waals surface area contributed by atoms with Crippen LogP contribution in [0.3, 0.4) is 0 Å². The van der Waals surface area contributed by atoms with E-state index in [9.17, 15) is 4.79 Å². The monoisotopic (exact) mass is 375 g/mol. The van der Waals surface area contributed by atoms with Crippen molar-refractivity contribution < 1.29 is 19.2 Å². The van der Waals surface area contributed by atoms with Gasteiger partial charge in [0.2, 0.25) is 0 Å². The van der Waals surface area contributed by atoms with E-state index in [1.807, 2.05) is 32.9 Å². The molecule has 0 amide bonds. The average molecular weight is 375 g/mol. The second-order valence-electron chi connectivity index (χ2n) is 5.44. The third-order valence-electron chi connectivity index (χ3n) is 3.57. The summed E-state index contributed by atoms with van der Waals surface area (Å²) in [6, 6.07) is 5.51. The summed E-state index contributed by atoms with van der Waals surface area (Å²) in [6.07, 6.45) is 1.79. The minimum Gasteiger partial charge on any atom is -0.464 e. The molecule has 2 rings (SSSR count). The zero-order valence-corrected chi connectivity index (χ0v) is 16.2. The standard InChI is InChI=1S/C18H21N3O4S/c1-11-7-6-8-14(16(21-24-5)18(22)23-4)15(11)10-25-20-13(3)17-19-9-12(2)26-17/h6-9H,10H2,1-5H3/b20-13+,21-16+. The molecule has 0 aliphatic carbocycles. The van der Waals surface area contributed by atoms with Crippen molar-refractivity contribution in [3.63, 3.8) is 0 Å². The van der Waals surface area contributed by atoms with Crippen LogP contribution in [-0.4, -0.2) is 36.6 Å². The molecule has 0 saturated heterocycles. The molecule has 0 radical (unpaired) electrons. The summed E-state index contributed by atoms with van der Waals surface area (Å²) in [5.41, 5.74) is 3.07. The Hall–Kier alpha value is -2.74. The van der Waals surface area contributed by atoms with Crippen LogP contribution in [0.15, 0.2) is 34.7 Å². The number of thiazole rings is 1. The van der Waals surface area contributed by atoms with Crippen LogP contribution < -0.4 is 0 Å². The van der Waals surface area contributed by atoms with Crippen LogP contribution in [-0.2, 0) is 25.8 Å². The van der Waals surface area contributed by atoms with Crippen molar-refractivity contribution in [3.05, 3.63) is 51.0 Å². The molecule has 1 aromatic carbocycles. The van der Waals surface area contributed by atoms with E-state index in [2.05, 4.69) is 15.3 Å². The van der Waals surface area contributed by atoms with Gasteiger partial charge >= 0.3 is 5.97 Å². The minimum absolute atomic E-state index is 0.0774. The lowest BCUT2D eigenvalue weighted by atomic mass is 9.99. The Morgan fingerprint density at radius 2 is 2.00 bits per heavy atom. The number of hydrogen-bond donors (Lipinski definition) is 0. The molecular formula is C18H21N3O4S. The van der Waals surface area contributed by atoms with Gasteiger partial charge < -0.3 is 14.4 Å². The van der Waals surface area contributed by atoms with Gasteiger partial charge in [0.25, 0.3) is 0 Å². The first-order valence-corrected chi connectivity index (χ1v) is 8.67. The molecule has 0 atom stereocenters. The van der Waals surface area contributed by atoms with E-state index in [4.69, 9.17) is 14.4 Å². The Balaban J connectivity index is 2.26. The molecule has 2 aromatic rings. The number of aryl methyl sites for hydroxylation is 2. The molecule has 0 N–H and O–H groups in total. The largest absolute Gasteiger partial charge is 0.464 e. The molecule has 0 saturated carbocycles. The van der Waals surface area contributed by atoms with Crippen LogP contribution in [0.2, 0.25) is 0 Å². The number of methoxy groups -OCH3 is 1. The fraction of sp³-hybridized carbons (Fsp3) is 0.333. The first-order valence-electron chi connectivity index (χ1n) is 7.85. The summed E-state index contributed by atoms with van der Waals surface area (Å²) in [7, 11) is 2.67. The quantitative estimate of drug-likeness (QED) is 0.421. The van der Waals surface area contributed by atoms with Crippen LogP contribution >= 0.6 is 11.3 Å². The van der Waals surface area contributed by atoms with Crippen LogP contribution in [0.25, 0.3) is 0 Å². The van der Waals surface area contributed by atoms with E-state index in [0.717, 1.165) is 21.0 Å². The average Bonchev–Trinajstić information content (AvgIpc) is 3.07. The number of rotatable bonds is 7. The highest BCUT2D eigenvalue weighted by Crippen LogP contribution is 2.18. The molecule has 1 heterocycles. The normalized spacial score (nSPS) is 12.0. The van der Waals surface area contributed by atoms with Gasteiger partial charge in [0.1, 0.15) is 24.4 Å². The van der Waals surface area contributed by atoms with Crippen molar-refractivity contribution in [2.45, 2.75) is 27.4 Å². The third kappa shape index (κ3) is 4.66. The Kier molecular flexibility index (Phi) is 6.85. The first-order chi connectivity index (χ1) is 12.5. The van der Waals surface area contributed by atoms with E-state index in [0.29, 0.717) is 11.3 Å². The lowest BCUT2D eigenvalue weighted by Gasteiger charge is -2.12. The Morgan fingerprint density at radius 1 is 1.23 bits per heavy atom. The molecule has 1 aromatic heterocycles. The zero-order chi connectivity index (χ0) is 19.1.